The fourth-order valence-electron chi connectivity index (χ4n) is 1.91. The number of hydrogen-bond donors (Lipinski definition) is 1. The molecule has 6 heteroatoms. The molecule has 0 aromatic carbocycles. The van der Waals surface area contributed by atoms with E-state index in [9.17, 15) is 4.79 Å². The van der Waals surface area contributed by atoms with Gasteiger partial charge in [0.05, 0.1) is 0 Å². The molecule has 3 aromatic rings. The van der Waals surface area contributed by atoms with Gasteiger partial charge in [-0.3, -0.25) is 14.8 Å². The number of carbonyl (C=O) groups is 1. The van der Waals surface area contributed by atoms with E-state index < -0.39 is 0 Å². The number of imidazole rings is 1. The topological polar surface area (TPSA) is 71.5 Å². The van der Waals surface area contributed by atoms with Gasteiger partial charge in [0.15, 0.2) is 10.9 Å². The van der Waals surface area contributed by atoms with E-state index in [1.165, 1.54) is 11.8 Å². The summed E-state index contributed by atoms with van der Waals surface area (Å²) in [5, 5.41) is 0.334. The molecule has 0 saturated heterocycles. The second-order valence-corrected chi connectivity index (χ2v) is 5.37. The molecule has 0 aliphatic carbocycles. The van der Waals surface area contributed by atoms with Gasteiger partial charge in [-0.05, 0) is 29.8 Å². The van der Waals surface area contributed by atoms with Crippen molar-refractivity contribution in [1.29, 1.82) is 0 Å². The van der Waals surface area contributed by atoms with Gasteiger partial charge in [-0.25, -0.2) is 4.98 Å². The third kappa shape index (κ3) is 3.17. The van der Waals surface area contributed by atoms with Crippen molar-refractivity contribution < 1.29 is 4.79 Å². The summed E-state index contributed by atoms with van der Waals surface area (Å²) in [6.45, 7) is 0. The molecule has 1 N–H and O–H groups in total. The summed E-state index contributed by atoms with van der Waals surface area (Å²) in [4.78, 5) is 27.9. The van der Waals surface area contributed by atoms with Gasteiger partial charge in [-0.15, -0.1) is 0 Å². The number of pyridine rings is 2. The van der Waals surface area contributed by atoms with Crippen LogP contribution >= 0.6 is 11.8 Å². The maximum absolute atomic E-state index is 12.8. The third-order valence-electron chi connectivity index (χ3n) is 2.91. The first kappa shape index (κ1) is 13.5. The molecular formula is C15H12N4OS. The highest BCUT2D eigenvalue weighted by atomic mass is 32.2. The van der Waals surface area contributed by atoms with Crippen molar-refractivity contribution in [3.05, 3.63) is 72.6 Å². The van der Waals surface area contributed by atoms with Gasteiger partial charge in [-0.2, -0.15) is 0 Å². The Kier molecular flexibility index (Phi) is 4.07. The van der Waals surface area contributed by atoms with E-state index in [1.807, 2.05) is 12.1 Å². The summed E-state index contributed by atoms with van der Waals surface area (Å²) in [7, 11) is 0. The summed E-state index contributed by atoms with van der Waals surface area (Å²) >= 11 is 1.39. The Bertz CT molecular complexity index is 701. The number of Topliss-reactive ketones (excluding diaryl/α,β-unsaturated/α-hetero) is 1. The summed E-state index contributed by atoms with van der Waals surface area (Å²) in [5.41, 5.74) is 1.53. The van der Waals surface area contributed by atoms with Gasteiger partial charge >= 0.3 is 0 Å². The van der Waals surface area contributed by atoms with Gasteiger partial charge in [-0.1, -0.05) is 11.8 Å². The standard InChI is InChI=1S/C15H12N4OS/c20-13(11-1-5-16-6-2-11)14(12-3-7-17-8-4-12)21-15-18-9-10-19-15/h1-10,14H,(H,18,19). The number of aromatic amines is 1. The Morgan fingerprint density at radius 1 is 1.00 bits per heavy atom. The Morgan fingerprint density at radius 3 is 2.29 bits per heavy atom. The van der Waals surface area contributed by atoms with E-state index in [0.29, 0.717) is 10.7 Å². The molecule has 3 heterocycles. The fraction of sp³-hybridized carbons (Fsp3) is 0.0667. The van der Waals surface area contributed by atoms with E-state index >= 15 is 0 Å². The van der Waals surface area contributed by atoms with Crippen LogP contribution in [-0.2, 0) is 0 Å². The smallest absolute Gasteiger partial charge is 0.180 e. The minimum absolute atomic E-state index is 0.0185. The SMILES string of the molecule is O=C(c1ccncc1)C(Sc1ncc[nH]1)c1ccncc1. The van der Waals surface area contributed by atoms with Crippen LogP contribution in [0, 0.1) is 0 Å². The Morgan fingerprint density at radius 2 is 1.67 bits per heavy atom. The lowest BCUT2D eigenvalue weighted by molar-refractivity contribution is 0.0989. The highest BCUT2D eigenvalue weighted by molar-refractivity contribution is 8.00. The van der Waals surface area contributed by atoms with Gasteiger partial charge < -0.3 is 4.98 Å². The zero-order chi connectivity index (χ0) is 14.5. The zero-order valence-electron chi connectivity index (χ0n) is 11.0. The van der Waals surface area contributed by atoms with Crippen molar-refractivity contribution >= 4 is 17.5 Å². The summed E-state index contributed by atoms with van der Waals surface area (Å²) in [6, 6.07) is 7.14. The largest absolute Gasteiger partial charge is 0.340 e. The molecule has 3 rings (SSSR count). The average Bonchev–Trinajstić information content (AvgIpc) is 3.07. The van der Waals surface area contributed by atoms with Gasteiger partial charge in [0.1, 0.15) is 5.25 Å². The predicted molar refractivity (Wildman–Crippen MR) is 80.0 cm³/mol. The molecular weight excluding hydrogens is 284 g/mol. The van der Waals surface area contributed by atoms with Crippen LogP contribution in [0.1, 0.15) is 21.2 Å². The van der Waals surface area contributed by atoms with E-state index in [0.717, 1.165) is 5.56 Å². The van der Waals surface area contributed by atoms with Crippen molar-refractivity contribution in [3.8, 4) is 0 Å². The Labute approximate surface area is 125 Å². The molecule has 0 radical (unpaired) electrons. The second-order valence-electron chi connectivity index (χ2n) is 4.27. The van der Waals surface area contributed by atoms with Crippen molar-refractivity contribution in [3.63, 3.8) is 0 Å². The number of ketones is 1. The van der Waals surface area contributed by atoms with Crippen molar-refractivity contribution in [2.45, 2.75) is 10.4 Å². The van der Waals surface area contributed by atoms with E-state index in [-0.39, 0.29) is 11.0 Å². The van der Waals surface area contributed by atoms with Crippen LogP contribution in [0.4, 0.5) is 0 Å². The quantitative estimate of drug-likeness (QED) is 0.579. The fourth-order valence-corrected chi connectivity index (χ4v) is 2.92. The van der Waals surface area contributed by atoms with Crippen LogP contribution in [0.3, 0.4) is 0 Å². The predicted octanol–water partition coefficient (Wildman–Crippen LogP) is 2.92. The molecule has 0 aliphatic heterocycles. The lowest BCUT2D eigenvalue weighted by atomic mass is 10.0. The number of thioether (sulfide) groups is 1. The van der Waals surface area contributed by atoms with Crippen LogP contribution in [0.15, 0.2) is 66.6 Å². The van der Waals surface area contributed by atoms with Gasteiger partial charge in [0.25, 0.3) is 0 Å². The molecule has 0 bridgehead atoms. The average molecular weight is 296 g/mol. The number of nitrogens with zero attached hydrogens (tertiary/aromatic N) is 3. The van der Waals surface area contributed by atoms with E-state index in [4.69, 9.17) is 0 Å². The highest BCUT2D eigenvalue weighted by Crippen LogP contribution is 2.35. The first-order chi connectivity index (χ1) is 10.3. The van der Waals surface area contributed by atoms with Gasteiger partial charge in [0.2, 0.25) is 0 Å². The molecule has 1 unspecified atom stereocenters. The lowest BCUT2D eigenvalue weighted by Crippen LogP contribution is -2.10. The second kappa shape index (κ2) is 6.32. The summed E-state index contributed by atoms with van der Waals surface area (Å²) in [6.07, 6.45) is 10.0. The minimum Gasteiger partial charge on any atom is -0.340 e. The number of hydrogen-bond acceptors (Lipinski definition) is 5. The van der Waals surface area contributed by atoms with E-state index in [1.54, 1.807) is 49.3 Å². The lowest BCUT2D eigenvalue weighted by Gasteiger charge is -2.14. The summed E-state index contributed by atoms with van der Waals surface area (Å²) in [5.74, 6) is 0.0185. The first-order valence-electron chi connectivity index (χ1n) is 6.35. The zero-order valence-corrected chi connectivity index (χ0v) is 11.8. The van der Waals surface area contributed by atoms with Crippen LogP contribution in [0.5, 0.6) is 0 Å². The van der Waals surface area contributed by atoms with Gasteiger partial charge in [0, 0.05) is 42.7 Å². The number of nitrogens with one attached hydrogen (secondary N) is 1. The summed E-state index contributed by atoms with van der Waals surface area (Å²) < 4.78 is 0. The number of H-pyrrole nitrogens is 1. The normalized spacial score (nSPS) is 12.0. The monoisotopic (exact) mass is 296 g/mol. The Balaban J connectivity index is 1.94. The number of aromatic nitrogens is 4. The molecule has 0 amide bonds. The highest BCUT2D eigenvalue weighted by Gasteiger charge is 2.24. The van der Waals surface area contributed by atoms with Crippen molar-refractivity contribution in [2.75, 3.05) is 0 Å². The van der Waals surface area contributed by atoms with Crippen LogP contribution in [0.25, 0.3) is 0 Å². The first-order valence-corrected chi connectivity index (χ1v) is 7.23. The molecule has 5 nitrogen and oxygen atoms in total. The molecule has 0 aliphatic rings. The maximum atomic E-state index is 12.8. The number of carbonyl (C=O) groups excluding carboxylic acids is 1. The molecule has 21 heavy (non-hydrogen) atoms. The molecule has 0 spiro atoms. The van der Waals surface area contributed by atoms with Crippen LogP contribution in [0.2, 0.25) is 0 Å². The van der Waals surface area contributed by atoms with Crippen molar-refractivity contribution in [1.82, 2.24) is 19.9 Å². The third-order valence-corrected chi connectivity index (χ3v) is 4.08. The minimum atomic E-state index is -0.374. The molecule has 1 atom stereocenters. The molecule has 3 aromatic heterocycles. The number of rotatable bonds is 5. The van der Waals surface area contributed by atoms with Crippen LogP contribution < -0.4 is 0 Å². The molecule has 0 fully saturated rings. The maximum Gasteiger partial charge on any atom is 0.180 e. The Hall–Kier alpha value is -2.47. The molecule has 0 saturated carbocycles. The molecule has 104 valence electrons. The van der Waals surface area contributed by atoms with E-state index in [2.05, 4.69) is 19.9 Å². The van der Waals surface area contributed by atoms with Crippen molar-refractivity contribution in [2.24, 2.45) is 0 Å². The van der Waals surface area contributed by atoms with Crippen LogP contribution in [-0.4, -0.2) is 25.7 Å².